The van der Waals surface area contributed by atoms with Crippen LogP contribution in [0.3, 0.4) is 0 Å². The number of hydrogen-bond donors (Lipinski definition) is 0. The van der Waals surface area contributed by atoms with E-state index in [4.69, 9.17) is 0 Å². The van der Waals surface area contributed by atoms with Gasteiger partial charge in [0.1, 0.15) is 5.03 Å². The molecule has 0 atom stereocenters. The van der Waals surface area contributed by atoms with Gasteiger partial charge in [0, 0.05) is 23.0 Å². The lowest BCUT2D eigenvalue weighted by atomic mass is 10.5. The molecule has 0 aromatic carbocycles. The fourth-order valence-corrected chi connectivity index (χ4v) is 2.77. The molecule has 4 heteroatoms. The van der Waals surface area contributed by atoms with Crippen molar-refractivity contribution in [1.82, 2.24) is 9.88 Å². The van der Waals surface area contributed by atoms with E-state index in [-0.39, 0.29) is 0 Å². The molecule has 0 amide bonds. The van der Waals surface area contributed by atoms with Gasteiger partial charge >= 0.3 is 0 Å². The van der Waals surface area contributed by atoms with E-state index in [2.05, 4.69) is 39.7 Å². The molecular weight excluding hydrogens is 272 g/mol. The van der Waals surface area contributed by atoms with Crippen LogP contribution in [-0.4, -0.2) is 35.3 Å². The summed E-state index contributed by atoms with van der Waals surface area (Å²) in [5, 5.41) is 1.09. The molecule has 0 fully saturated rings. The molecule has 0 radical (unpaired) electrons. The molecular formula is C11H17BrN2S. The lowest BCUT2D eigenvalue weighted by molar-refractivity contribution is 0.324. The van der Waals surface area contributed by atoms with Crippen molar-refractivity contribution in [3.8, 4) is 0 Å². The van der Waals surface area contributed by atoms with Crippen LogP contribution in [0, 0.1) is 0 Å². The van der Waals surface area contributed by atoms with E-state index >= 15 is 0 Å². The van der Waals surface area contributed by atoms with Gasteiger partial charge in [0.15, 0.2) is 0 Å². The molecule has 0 N–H and O–H groups in total. The Balaban J connectivity index is 2.34. The second-order valence-electron chi connectivity index (χ2n) is 3.17. The van der Waals surface area contributed by atoms with Crippen LogP contribution in [0.5, 0.6) is 0 Å². The first-order valence-corrected chi connectivity index (χ1v) is 7.01. The standard InChI is InChI=1S/C11H17BrN2S/c1-3-14(4-2)8-9-15-11-10(12)6-5-7-13-11/h5-7H,3-4,8-9H2,1-2H3. The zero-order valence-corrected chi connectivity index (χ0v) is 11.6. The van der Waals surface area contributed by atoms with Gasteiger partial charge in [-0.2, -0.15) is 0 Å². The van der Waals surface area contributed by atoms with Gasteiger partial charge in [-0.05, 0) is 41.2 Å². The molecule has 1 aromatic rings. The first-order chi connectivity index (χ1) is 7.27. The topological polar surface area (TPSA) is 16.1 Å². The highest BCUT2D eigenvalue weighted by molar-refractivity contribution is 9.10. The van der Waals surface area contributed by atoms with Gasteiger partial charge in [-0.1, -0.05) is 13.8 Å². The van der Waals surface area contributed by atoms with Gasteiger partial charge < -0.3 is 4.90 Å². The van der Waals surface area contributed by atoms with Crippen LogP contribution in [-0.2, 0) is 0 Å². The van der Waals surface area contributed by atoms with Gasteiger partial charge in [0.2, 0.25) is 0 Å². The largest absolute Gasteiger partial charge is 0.303 e. The van der Waals surface area contributed by atoms with E-state index in [1.54, 1.807) is 11.8 Å². The molecule has 0 aliphatic heterocycles. The number of halogens is 1. The minimum absolute atomic E-state index is 1.09. The number of pyridine rings is 1. The molecule has 15 heavy (non-hydrogen) atoms. The predicted molar refractivity (Wildman–Crippen MR) is 70.4 cm³/mol. The smallest absolute Gasteiger partial charge is 0.110 e. The summed E-state index contributed by atoms with van der Waals surface area (Å²) < 4.78 is 1.09. The number of rotatable bonds is 6. The van der Waals surface area contributed by atoms with Crippen LogP contribution in [0.4, 0.5) is 0 Å². The molecule has 0 saturated heterocycles. The number of aromatic nitrogens is 1. The fraction of sp³-hybridized carbons (Fsp3) is 0.545. The average Bonchev–Trinajstić information content (AvgIpc) is 2.27. The van der Waals surface area contributed by atoms with E-state index in [1.165, 1.54) is 0 Å². The predicted octanol–water partition coefficient (Wildman–Crippen LogP) is 3.28. The molecule has 84 valence electrons. The Morgan fingerprint density at radius 3 is 2.73 bits per heavy atom. The third kappa shape index (κ3) is 4.53. The Morgan fingerprint density at radius 2 is 2.13 bits per heavy atom. The van der Waals surface area contributed by atoms with Crippen molar-refractivity contribution in [2.75, 3.05) is 25.4 Å². The van der Waals surface area contributed by atoms with Crippen molar-refractivity contribution >= 4 is 27.7 Å². The van der Waals surface area contributed by atoms with Crippen LogP contribution in [0.15, 0.2) is 27.8 Å². The van der Waals surface area contributed by atoms with Crippen LogP contribution in [0.2, 0.25) is 0 Å². The molecule has 0 saturated carbocycles. The maximum absolute atomic E-state index is 4.32. The van der Waals surface area contributed by atoms with Gasteiger partial charge in [-0.25, -0.2) is 4.98 Å². The quantitative estimate of drug-likeness (QED) is 0.748. The molecule has 0 bridgehead atoms. The minimum Gasteiger partial charge on any atom is -0.303 e. The maximum atomic E-state index is 4.32. The molecule has 0 aliphatic rings. The average molecular weight is 289 g/mol. The highest BCUT2D eigenvalue weighted by Gasteiger charge is 2.02. The zero-order valence-electron chi connectivity index (χ0n) is 9.24. The van der Waals surface area contributed by atoms with E-state index in [1.807, 2.05) is 18.3 Å². The van der Waals surface area contributed by atoms with Crippen molar-refractivity contribution in [1.29, 1.82) is 0 Å². The summed E-state index contributed by atoms with van der Waals surface area (Å²) >= 11 is 5.31. The summed E-state index contributed by atoms with van der Waals surface area (Å²) in [5.41, 5.74) is 0. The SMILES string of the molecule is CCN(CC)CCSc1ncccc1Br. The first-order valence-electron chi connectivity index (χ1n) is 5.23. The second-order valence-corrected chi connectivity index (χ2v) is 5.10. The third-order valence-corrected chi connectivity index (χ3v) is 4.15. The fourth-order valence-electron chi connectivity index (χ4n) is 1.29. The zero-order chi connectivity index (χ0) is 11.1. The second kappa shape index (κ2) is 7.25. The summed E-state index contributed by atoms with van der Waals surface area (Å²) in [6.45, 7) is 7.78. The van der Waals surface area contributed by atoms with E-state index < -0.39 is 0 Å². The summed E-state index contributed by atoms with van der Waals surface area (Å²) in [6.07, 6.45) is 1.84. The molecule has 0 unspecified atom stereocenters. The summed E-state index contributed by atoms with van der Waals surface area (Å²) in [5.74, 6) is 1.09. The molecule has 0 aliphatic carbocycles. The monoisotopic (exact) mass is 288 g/mol. The normalized spacial score (nSPS) is 10.9. The van der Waals surface area contributed by atoms with Gasteiger partial charge in [0.25, 0.3) is 0 Å². The summed E-state index contributed by atoms with van der Waals surface area (Å²) in [7, 11) is 0. The molecule has 1 heterocycles. The van der Waals surface area contributed by atoms with E-state index in [0.29, 0.717) is 0 Å². The highest BCUT2D eigenvalue weighted by Crippen LogP contribution is 2.24. The molecule has 1 rings (SSSR count). The Bertz CT molecular complexity index is 290. The number of thioether (sulfide) groups is 1. The van der Waals surface area contributed by atoms with Crippen molar-refractivity contribution in [3.63, 3.8) is 0 Å². The summed E-state index contributed by atoms with van der Waals surface area (Å²) in [4.78, 5) is 6.74. The van der Waals surface area contributed by atoms with E-state index in [0.717, 1.165) is 34.9 Å². The van der Waals surface area contributed by atoms with Crippen LogP contribution >= 0.6 is 27.7 Å². The van der Waals surface area contributed by atoms with Crippen molar-refractivity contribution in [2.24, 2.45) is 0 Å². The van der Waals surface area contributed by atoms with Crippen molar-refractivity contribution in [3.05, 3.63) is 22.8 Å². The van der Waals surface area contributed by atoms with Crippen LogP contribution < -0.4 is 0 Å². The Hall–Kier alpha value is -0.0600. The molecule has 0 spiro atoms. The van der Waals surface area contributed by atoms with Gasteiger partial charge in [-0.15, -0.1) is 11.8 Å². The lowest BCUT2D eigenvalue weighted by Crippen LogP contribution is -2.25. The third-order valence-electron chi connectivity index (χ3n) is 2.27. The molecule has 1 aromatic heterocycles. The van der Waals surface area contributed by atoms with Crippen molar-refractivity contribution < 1.29 is 0 Å². The number of nitrogens with zero attached hydrogens (tertiary/aromatic N) is 2. The van der Waals surface area contributed by atoms with Crippen LogP contribution in [0.1, 0.15) is 13.8 Å². The molecule has 2 nitrogen and oxygen atoms in total. The van der Waals surface area contributed by atoms with Crippen LogP contribution in [0.25, 0.3) is 0 Å². The Labute approximate surface area is 105 Å². The van der Waals surface area contributed by atoms with Gasteiger partial charge in [-0.3, -0.25) is 0 Å². The minimum atomic E-state index is 1.09. The first kappa shape index (κ1) is 13.0. The number of hydrogen-bond acceptors (Lipinski definition) is 3. The van der Waals surface area contributed by atoms with Crippen molar-refractivity contribution in [2.45, 2.75) is 18.9 Å². The Kier molecular flexibility index (Phi) is 6.29. The van der Waals surface area contributed by atoms with Gasteiger partial charge in [0.05, 0.1) is 0 Å². The summed E-state index contributed by atoms with van der Waals surface area (Å²) in [6, 6.07) is 3.98. The lowest BCUT2D eigenvalue weighted by Gasteiger charge is -2.17. The maximum Gasteiger partial charge on any atom is 0.110 e. The Morgan fingerprint density at radius 1 is 1.40 bits per heavy atom. The van der Waals surface area contributed by atoms with E-state index in [9.17, 15) is 0 Å². The highest BCUT2D eigenvalue weighted by atomic mass is 79.9.